The van der Waals surface area contributed by atoms with Crippen LogP contribution in [-0.2, 0) is 65.4 Å². The highest BCUT2D eigenvalue weighted by Crippen LogP contribution is 2.45. The molecule has 6 atom stereocenters. The Morgan fingerprint density at radius 3 is 0.809 bits per heavy atom. The Bertz CT molecular complexity index is 1820. The van der Waals surface area contributed by atoms with Gasteiger partial charge in [-0.15, -0.1) is 0 Å². The summed E-state index contributed by atoms with van der Waals surface area (Å²) in [6, 6.07) is 0. The SMILES string of the molecule is CCCCCCCCCCCCCCCCCCCC(=O)O[C@H](COC(=O)CCCCCCCCCCCCCCCCC)COP(=O)(O)OC[C@@H](O)COP(=O)(O)OC[C@@H](COC(=O)CCCCCCCCCC(C)C)OC(=O)CCCCCCCCCCC(C)CC. The Labute approximate surface area is 575 Å². The summed E-state index contributed by atoms with van der Waals surface area (Å²) in [6.07, 6.45) is 54.1. The predicted molar refractivity (Wildman–Crippen MR) is 381 cm³/mol. The highest BCUT2D eigenvalue weighted by molar-refractivity contribution is 7.47. The number of carbonyl (C=O) groups excluding carboxylic acids is 4. The maximum Gasteiger partial charge on any atom is 0.472 e. The quantitative estimate of drug-likeness (QED) is 0.0222. The van der Waals surface area contributed by atoms with Crippen LogP contribution in [0.25, 0.3) is 0 Å². The minimum Gasteiger partial charge on any atom is -0.462 e. The van der Waals surface area contributed by atoms with Crippen molar-refractivity contribution < 1.29 is 80.2 Å². The van der Waals surface area contributed by atoms with Crippen molar-refractivity contribution in [1.82, 2.24) is 0 Å². The Balaban J connectivity index is 5.25. The molecule has 558 valence electrons. The molecule has 0 bridgehead atoms. The Morgan fingerprint density at radius 2 is 0.543 bits per heavy atom. The number of rotatable bonds is 74. The van der Waals surface area contributed by atoms with Crippen LogP contribution in [0.15, 0.2) is 0 Å². The number of esters is 4. The number of aliphatic hydroxyl groups is 1. The summed E-state index contributed by atoms with van der Waals surface area (Å²) in [5.74, 6) is -0.643. The lowest BCUT2D eigenvalue weighted by Gasteiger charge is -2.21. The number of phosphoric acid groups is 2. The molecular formula is C75H146O17P2. The van der Waals surface area contributed by atoms with Crippen molar-refractivity contribution in [2.24, 2.45) is 11.8 Å². The highest BCUT2D eigenvalue weighted by Gasteiger charge is 2.30. The van der Waals surface area contributed by atoms with Gasteiger partial charge < -0.3 is 33.8 Å². The first-order valence-electron chi connectivity index (χ1n) is 39.0. The van der Waals surface area contributed by atoms with Gasteiger partial charge in [0.2, 0.25) is 0 Å². The van der Waals surface area contributed by atoms with E-state index in [0.717, 1.165) is 102 Å². The molecule has 3 N–H and O–H groups in total. The Hall–Kier alpha value is -1.94. The lowest BCUT2D eigenvalue weighted by molar-refractivity contribution is -0.161. The molecule has 0 aliphatic heterocycles. The normalized spacial score (nSPS) is 14.3. The van der Waals surface area contributed by atoms with Crippen molar-refractivity contribution in [2.75, 3.05) is 39.6 Å². The van der Waals surface area contributed by atoms with Crippen molar-refractivity contribution in [1.29, 1.82) is 0 Å². The average Bonchev–Trinajstić information content (AvgIpc) is 1.19. The number of ether oxygens (including phenoxy) is 4. The second kappa shape index (κ2) is 66.9. The molecular weight excluding hydrogens is 1230 g/mol. The third-order valence-electron chi connectivity index (χ3n) is 17.8. The van der Waals surface area contributed by atoms with E-state index in [2.05, 4.69) is 41.5 Å². The molecule has 0 aliphatic rings. The van der Waals surface area contributed by atoms with Gasteiger partial charge in [-0.25, -0.2) is 9.13 Å². The summed E-state index contributed by atoms with van der Waals surface area (Å²) in [4.78, 5) is 72.8. The largest absolute Gasteiger partial charge is 0.472 e. The summed E-state index contributed by atoms with van der Waals surface area (Å²) < 4.78 is 68.5. The molecule has 0 aromatic rings. The van der Waals surface area contributed by atoms with E-state index < -0.39 is 97.5 Å². The highest BCUT2D eigenvalue weighted by atomic mass is 31.2. The molecule has 0 rings (SSSR count). The molecule has 0 saturated heterocycles. The summed E-state index contributed by atoms with van der Waals surface area (Å²) in [7, 11) is -9.91. The van der Waals surface area contributed by atoms with E-state index in [1.165, 1.54) is 199 Å². The van der Waals surface area contributed by atoms with Gasteiger partial charge in [0, 0.05) is 25.7 Å². The van der Waals surface area contributed by atoms with Crippen LogP contribution in [0, 0.1) is 11.8 Å². The molecule has 3 unspecified atom stereocenters. The van der Waals surface area contributed by atoms with Crippen LogP contribution >= 0.6 is 15.6 Å². The van der Waals surface area contributed by atoms with Crippen molar-refractivity contribution in [2.45, 2.75) is 407 Å². The molecule has 0 heterocycles. The van der Waals surface area contributed by atoms with Gasteiger partial charge in [0.05, 0.1) is 26.4 Å². The summed E-state index contributed by atoms with van der Waals surface area (Å²) in [5.41, 5.74) is 0. The molecule has 19 heteroatoms. The van der Waals surface area contributed by atoms with Crippen molar-refractivity contribution in [3.05, 3.63) is 0 Å². The third-order valence-corrected chi connectivity index (χ3v) is 19.7. The fourth-order valence-corrected chi connectivity index (χ4v) is 13.0. The fourth-order valence-electron chi connectivity index (χ4n) is 11.4. The van der Waals surface area contributed by atoms with E-state index in [9.17, 15) is 43.2 Å². The molecule has 0 saturated carbocycles. The molecule has 0 aromatic carbocycles. The lowest BCUT2D eigenvalue weighted by atomic mass is 9.99. The smallest absolute Gasteiger partial charge is 0.462 e. The predicted octanol–water partition coefficient (Wildman–Crippen LogP) is 21.9. The number of hydrogen-bond donors (Lipinski definition) is 3. The number of phosphoric ester groups is 2. The number of carbonyl (C=O) groups is 4. The van der Waals surface area contributed by atoms with Gasteiger partial charge in [-0.05, 0) is 37.5 Å². The van der Waals surface area contributed by atoms with E-state index in [1.54, 1.807) is 0 Å². The minimum atomic E-state index is -4.96. The van der Waals surface area contributed by atoms with Gasteiger partial charge in [-0.1, -0.05) is 337 Å². The molecule has 17 nitrogen and oxygen atoms in total. The van der Waals surface area contributed by atoms with E-state index in [-0.39, 0.29) is 25.7 Å². The maximum atomic E-state index is 13.1. The number of hydrogen-bond acceptors (Lipinski definition) is 15. The molecule has 0 aromatic heterocycles. The van der Waals surface area contributed by atoms with E-state index >= 15 is 0 Å². The zero-order valence-corrected chi connectivity index (χ0v) is 63.1. The number of unbranched alkanes of at least 4 members (excludes halogenated alkanes) is 43. The van der Waals surface area contributed by atoms with Crippen LogP contribution in [0.3, 0.4) is 0 Å². The van der Waals surface area contributed by atoms with Gasteiger partial charge >= 0.3 is 39.5 Å². The van der Waals surface area contributed by atoms with Crippen LogP contribution in [0.5, 0.6) is 0 Å². The topological polar surface area (TPSA) is 237 Å². The van der Waals surface area contributed by atoms with E-state index in [0.29, 0.717) is 31.6 Å². The monoisotopic (exact) mass is 1380 g/mol. The van der Waals surface area contributed by atoms with Crippen LogP contribution in [0.1, 0.15) is 388 Å². The second-order valence-electron chi connectivity index (χ2n) is 27.8. The number of aliphatic hydroxyl groups excluding tert-OH is 1. The first kappa shape index (κ1) is 92.1. The summed E-state index contributed by atoms with van der Waals surface area (Å²) >= 11 is 0. The molecule has 0 spiro atoms. The minimum absolute atomic E-state index is 0.104. The lowest BCUT2D eigenvalue weighted by Crippen LogP contribution is -2.30. The maximum absolute atomic E-state index is 13.1. The van der Waals surface area contributed by atoms with Crippen LogP contribution in [-0.4, -0.2) is 96.7 Å². The van der Waals surface area contributed by atoms with Gasteiger partial charge in [0.1, 0.15) is 19.3 Å². The van der Waals surface area contributed by atoms with Crippen molar-refractivity contribution in [3.63, 3.8) is 0 Å². The first-order chi connectivity index (χ1) is 45.4. The van der Waals surface area contributed by atoms with Crippen LogP contribution < -0.4 is 0 Å². The molecule has 0 radical (unpaired) electrons. The zero-order chi connectivity index (χ0) is 69.3. The Kier molecular flexibility index (Phi) is 65.5. The first-order valence-corrected chi connectivity index (χ1v) is 42.0. The molecule has 0 amide bonds. The second-order valence-corrected chi connectivity index (χ2v) is 30.7. The van der Waals surface area contributed by atoms with Crippen LogP contribution in [0.2, 0.25) is 0 Å². The summed E-state index contributed by atoms with van der Waals surface area (Å²) in [6.45, 7) is 9.53. The zero-order valence-electron chi connectivity index (χ0n) is 61.3. The Morgan fingerprint density at radius 1 is 0.309 bits per heavy atom. The molecule has 0 aliphatic carbocycles. The third kappa shape index (κ3) is 67.3. The van der Waals surface area contributed by atoms with Gasteiger partial charge in [0.15, 0.2) is 12.2 Å². The molecule has 0 fully saturated rings. The van der Waals surface area contributed by atoms with Gasteiger partial charge in [-0.3, -0.25) is 37.3 Å². The van der Waals surface area contributed by atoms with E-state index in [1.807, 2.05) is 0 Å². The standard InChI is InChI=1S/C75H146O17P2/c1-7-10-12-14-16-18-20-22-24-25-27-29-31-33-40-47-53-59-74(79)91-70(63-85-72(77)57-51-45-39-32-30-28-26-23-21-19-17-15-13-11-8-2)65-89-93(81,82)87-61-69(76)62-88-94(83,84)90-66-71(64-86-73(78)58-52-46-42-36-37-43-49-55-67(4)5)92-75(80)60-54-48-41-35-34-38-44-50-56-68(6)9-3/h67-71,76H,7-66H2,1-6H3,(H,81,82)(H,83,84)/t68?,69-,70-,71-/m1/s1. The van der Waals surface area contributed by atoms with Crippen LogP contribution in [0.4, 0.5) is 0 Å². The summed E-state index contributed by atoms with van der Waals surface area (Å²) in [5, 5.41) is 10.6. The fraction of sp³-hybridized carbons (Fsp3) is 0.947. The van der Waals surface area contributed by atoms with Gasteiger partial charge in [-0.2, -0.15) is 0 Å². The van der Waals surface area contributed by atoms with Gasteiger partial charge in [0.25, 0.3) is 0 Å². The molecule has 94 heavy (non-hydrogen) atoms. The average molecular weight is 1380 g/mol. The van der Waals surface area contributed by atoms with E-state index in [4.69, 9.17) is 37.0 Å². The van der Waals surface area contributed by atoms with Crippen molar-refractivity contribution in [3.8, 4) is 0 Å². The van der Waals surface area contributed by atoms with Crippen molar-refractivity contribution >= 4 is 39.5 Å².